The van der Waals surface area contributed by atoms with Gasteiger partial charge in [-0.2, -0.15) is 0 Å². The number of fused-ring (bicyclic) bond motifs is 1. The predicted octanol–water partition coefficient (Wildman–Crippen LogP) is 6.01. The number of carbonyl (C=O) groups is 1. The van der Waals surface area contributed by atoms with E-state index in [1.54, 1.807) is 40.9 Å². The minimum atomic E-state index is -0.465. The highest BCUT2D eigenvalue weighted by Crippen LogP contribution is 2.32. The van der Waals surface area contributed by atoms with Gasteiger partial charge in [-0.3, -0.25) is 4.79 Å². The first-order valence-electron chi connectivity index (χ1n) is 10.6. The third-order valence-corrected chi connectivity index (χ3v) is 6.94. The van der Waals surface area contributed by atoms with Gasteiger partial charge in [0.25, 0.3) is 0 Å². The van der Waals surface area contributed by atoms with Gasteiger partial charge in [0, 0.05) is 21.9 Å². The fourth-order valence-corrected chi connectivity index (χ4v) is 5.05. The Morgan fingerprint density at radius 1 is 0.909 bits per heavy atom. The number of benzene rings is 2. The molecule has 7 heteroatoms. The van der Waals surface area contributed by atoms with Crippen LogP contribution >= 0.6 is 22.7 Å². The minimum absolute atomic E-state index is 0.0243. The van der Waals surface area contributed by atoms with E-state index in [4.69, 9.17) is 5.73 Å². The van der Waals surface area contributed by atoms with Crippen LogP contribution in [0.3, 0.4) is 0 Å². The van der Waals surface area contributed by atoms with E-state index in [0.29, 0.717) is 6.29 Å². The van der Waals surface area contributed by atoms with Gasteiger partial charge in [-0.05, 0) is 66.0 Å². The van der Waals surface area contributed by atoms with Crippen LogP contribution < -0.4 is 11.1 Å². The van der Waals surface area contributed by atoms with Crippen molar-refractivity contribution in [3.05, 3.63) is 116 Å². The van der Waals surface area contributed by atoms with Gasteiger partial charge in [0.15, 0.2) is 6.29 Å². The molecule has 1 unspecified atom stereocenters. The summed E-state index contributed by atoms with van der Waals surface area (Å²) in [5.41, 5.74) is 7.42. The van der Waals surface area contributed by atoms with Gasteiger partial charge in [-0.1, -0.05) is 36.4 Å². The number of hydrogen-bond acceptors (Lipinski definition) is 5. The van der Waals surface area contributed by atoms with E-state index in [2.05, 4.69) is 34.3 Å². The molecule has 2 aromatic carbocycles. The number of halogens is 2. The van der Waals surface area contributed by atoms with Gasteiger partial charge in [0.05, 0.1) is 11.6 Å². The van der Waals surface area contributed by atoms with E-state index in [0.717, 1.165) is 31.5 Å². The molecular weight excluding hydrogens is 458 g/mol. The Morgan fingerprint density at radius 2 is 1.67 bits per heavy atom. The molecule has 0 amide bonds. The summed E-state index contributed by atoms with van der Waals surface area (Å²) in [6, 6.07) is 19.1. The van der Waals surface area contributed by atoms with Crippen molar-refractivity contribution in [2.75, 3.05) is 13.1 Å². The zero-order valence-electron chi connectivity index (χ0n) is 18.0. The first-order valence-corrected chi connectivity index (χ1v) is 12.4. The van der Waals surface area contributed by atoms with E-state index in [1.807, 2.05) is 12.1 Å². The summed E-state index contributed by atoms with van der Waals surface area (Å²) in [5.74, 6) is -0.591. The Bertz CT molecular complexity index is 1130. The van der Waals surface area contributed by atoms with E-state index < -0.39 is 5.82 Å². The van der Waals surface area contributed by atoms with Crippen molar-refractivity contribution in [3.8, 4) is 0 Å². The molecule has 3 nitrogen and oxygen atoms in total. The zero-order valence-corrected chi connectivity index (χ0v) is 19.7. The molecule has 1 aliphatic heterocycles. The molecule has 0 bridgehead atoms. The fourth-order valence-electron chi connectivity index (χ4n) is 3.41. The molecule has 0 radical (unpaired) electrons. The minimum Gasteiger partial charge on any atom is -0.330 e. The summed E-state index contributed by atoms with van der Waals surface area (Å²) in [6.07, 6.45) is 2.57. The summed E-state index contributed by atoms with van der Waals surface area (Å²) in [4.78, 5) is 12.8. The highest BCUT2D eigenvalue weighted by Gasteiger charge is 2.23. The Hall–Kier alpha value is -2.71. The van der Waals surface area contributed by atoms with Crippen molar-refractivity contribution in [3.63, 3.8) is 0 Å². The van der Waals surface area contributed by atoms with Gasteiger partial charge >= 0.3 is 0 Å². The number of aldehydes is 1. The molecular formula is C26H26F2N2OS2. The van der Waals surface area contributed by atoms with Crippen molar-refractivity contribution in [2.45, 2.75) is 18.9 Å². The molecule has 1 atom stereocenters. The highest BCUT2D eigenvalue weighted by atomic mass is 32.1. The summed E-state index contributed by atoms with van der Waals surface area (Å²) in [5, 5.41) is 7.55. The Morgan fingerprint density at radius 3 is 2.30 bits per heavy atom. The third-order valence-electron chi connectivity index (χ3n) is 5.01. The lowest BCUT2D eigenvalue weighted by molar-refractivity contribution is 0.112. The van der Waals surface area contributed by atoms with Crippen LogP contribution in [0, 0.1) is 11.6 Å². The second-order valence-electron chi connectivity index (χ2n) is 7.22. The maximum Gasteiger partial charge on any atom is 0.152 e. The third kappa shape index (κ3) is 7.14. The van der Waals surface area contributed by atoms with Crippen molar-refractivity contribution in [1.82, 2.24) is 5.32 Å². The number of thiophene rings is 2. The number of hydrogen-bond donors (Lipinski definition) is 2. The van der Waals surface area contributed by atoms with Crippen molar-refractivity contribution in [1.29, 1.82) is 0 Å². The molecule has 0 aliphatic carbocycles. The van der Waals surface area contributed by atoms with Crippen LogP contribution in [0.5, 0.6) is 0 Å². The monoisotopic (exact) mass is 484 g/mol. The van der Waals surface area contributed by atoms with Crippen LogP contribution in [0.1, 0.15) is 37.3 Å². The lowest BCUT2D eigenvalue weighted by Crippen LogP contribution is -2.30. The van der Waals surface area contributed by atoms with Gasteiger partial charge < -0.3 is 11.1 Å². The topological polar surface area (TPSA) is 55.1 Å². The molecule has 2 aromatic heterocycles. The highest BCUT2D eigenvalue weighted by molar-refractivity contribution is 7.10. The number of nitrogens with two attached hydrogens (primary N) is 1. The predicted molar refractivity (Wildman–Crippen MR) is 133 cm³/mol. The Labute approximate surface area is 200 Å². The van der Waals surface area contributed by atoms with Crippen molar-refractivity contribution in [2.24, 2.45) is 5.73 Å². The van der Waals surface area contributed by atoms with Crippen LogP contribution in [-0.4, -0.2) is 19.4 Å². The number of nitrogens with one attached hydrogen (secondary N) is 1. The van der Waals surface area contributed by atoms with Crippen LogP contribution in [0.4, 0.5) is 8.78 Å². The molecule has 0 spiro atoms. The fraction of sp³-hybridized carbons (Fsp3) is 0.192. The van der Waals surface area contributed by atoms with Crippen LogP contribution in [-0.2, 0) is 12.8 Å². The normalized spacial score (nSPS) is 14.2. The second-order valence-corrected chi connectivity index (χ2v) is 9.25. The van der Waals surface area contributed by atoms with Gasteiger partial charge in [-0.25, -0.2) is 8.78 Å². The largest absolute Gasteiger partial charge is 0.330 e. The molecule has 3 N–H and O–H groups in total. The average molecular weight is 485 g/mol. The summed E-state index contributed by atoms with van der Waals surface area (Å²) < 4.78 is 26.1. The van der Waals surface area contributed by atoms with Crippen LogP contribution in [0.25, 0.3) is 0 Å². The molecule has 5 rings (SSSR count). The maximum absolute atomic E-state index is 13.7. The number of rotatable bonds is 4. The zero-order chi connectivity index (χ0) is 23.5. The molecule has 0 saturated heterocycles. The summed E-state index contributed by atoms with van der Waals surface area (Å²) >= 11 is 3.53. The van der Waals surface area contributed by atoms with Gasteiger partial charge in [0.1, 0.15) is 11.6 Å². The lowest BCUT2D eigenvalue weighted by Gasteiger charge is -2.24. The van der Waals surface area contributed by atoms with Crippen molar-refractivity contribution >= 4 is 29.0 Å². The van der Waals surface area contributed by atoms with Gasteiger partial charge in [-0.15, -0.1) is 22.7 Å². The first kappa shape index (κ1) is 24.9. The molecule has 0 fully saturated rings. The summed E-state index contributed by atoms with van der Waals surface area (Å²) in [6.45, 7) is 1.69. The molecule has 33 heavy (non-hydrogen) atoms. The standard InChI is InChI=1S/C13H12FNS.C7H5FO.C6H9NS/c14-11-4-2-1-3-9(11)13-10-6-8-16-12(10)5-7-15-13;8-7-4-2-1-3-6(7)5-9;7-4-3-6-2-1-5-8-6/h1-4,6,8,13,15H,5,7H2;1-5H;1-2,5H,3-4,7H2. The quantitative estimate of drug-likeness (QED) is 0.349. The Balaban J connectivity index is 0.000000153. The Kier molecular flexibility index (Phi) is 9.90. The SMILES string of the molecule is Fc1ccccc1C1NCCc2sccc21.NCCc1cccs1.O=Cc1ccccc1F. The van der Waals surface area contributed by atoms with Gasteiger partial charge in [0.2, 0.25) is 0 Å². The van der Waals surface area contributed by atoms with Crippen molar-refractivity contribution < 1.29 is 13.6 Å². The smallest absolute Gasteiger partial charge is 0.152 e. The van der Waals surface area contributed by atoms with Crippen LogP contribution in [0.2, 0.25) is 0 Å². The van der Waals surface area contributed by atoms with E-state index in [1.165, 1.54) is 33.5 Å². The molecule has 1 aliphatic rings. The molecule has 4 aromatic rings. The van der Waals surface area contributed by atoms with E-state index in [9.17, 15) is 13.6 Å². The molecule has 0 saturated carbocycles. The molecule has 3 heterocycles. The number of carbonyl (C=O) groups excluding carboxylic acids is 1. The molecule has 172 valence electrons. The summed E-state index contributed by atoms with van der Waals surface area (Å²) in [7, 11) is 0. The second kappa shape index (κ2) is 13.1. The van der Waals surface area contributed by atoms with Crippen LogP contribution in [0.15, 0.2) is 77.5 Å². The van der Waals surface area contributed by atoms with E-state index in [-0.39, 0.29) is 17.4 Å². The first-order chi connectivity index (χ1) is 16.1. The average Bonchev–Trinajstić information content (AvgIpc) is 3.53. The maximum atomic E-state index is 13.7. The lowest BCUT2D eigenvalue weighted by atomic mass is 9.95. The van der Waals surface area contributed by atoms with E-state index >= 15 is 0 Å².